The van der Waals surface area contributed by atoms with E-state index < -0.39 is 29.1 Å². The Bertz CT molecular complexity index is 500. The van der Waals surface area contributed by atoms with Crippen LogP contribution in [0.4, 0.5) is 13.2 Å². The fraction of sp³-hybridized carbons (Fsp3) is 0.417. The zero-order valence-corrected chi connectivity index (χ0v) is 10.7. The van der Waals surface area contributed by atoms with Gasteiger partial charge in [0.05, 0.1) is 13.7 Å². The summed E-state index contributed by atoms with van der Waals surface area (Å²) in [6, 6.07) is 2.50. The Morgan fingerprint density at radius 3 is 2.40 bits per heavy atom. The minimum absolute atomic E-state index is 0.336. The van der Waals surface area contributed by atoms with Crippen molar-refractivity contribution in [1.82, 2.24) is 0 Å². The van der Waals surface area contributed by atoms with Crippen molar-refractivity contribution < 1.29 is 37.7 Å². The smallest absolute Gasteiger partial charge is 0.432 e. The van der Waals surface area contributed by atoms with Crippen LogP contribution in [0.3, 0.4) is 0 Å². The summed E-state index contributed by atoms with van der Waals surface area (Å²) in [5.74, 6) is -2.73. The number of halogens is 3. The molecule has 1 unspecified atom stereocenters. The van der Waals surface area contributed by atoms with E-state index in [0.29, 0.717) is 0 Å². The molecule has 0 fully saturated rings. The number of rotatable bonds is 4. The molecule has 0 saturated heterocycles. The Hall–Kier alpha value is -1.96. The third kappa shape index (κ3) is 2.64. The van der Waals surface area contributed by atoms with Gasteiger partial charge < -0.3 is 19.7 Å². The minimum Gasteiger partial charge on any atom is -0.508 e. The predicted molar refractivity (Wildman–Crippen MR) is 61.2 cm³/mol. The second-order valence-corrected chi connectivity index (χ2v) is 3.81. The van der Waals surface area contributed by atoms with Crippen LogP contribution in [0.5, 0.6) is 11.5 Å². The van der Waals surface area contributed by atoms with Crippen LogP contribution in [0.1, 0.15) is 12.5 Å². The summed E-state index contributed by atoms with van der Waals surface area (Å²) in [6.07, 6.45) is -5.32. The van der Waals surface area contributed by atoms with E-state index in [2.05, 4.69) is 9.47 Å². The van der Waals surface area contributed by atoms with Gasteiger partial charge in [0.15, 0.2) is 0 Å². The molecular formula is C12H13F3O5. The van der Waals surface area contributed by atoms with Crippen LogP contribution in [0.25, 0.3) is 0 Å². The molecule has 0 aliphatic heterocycles. The molecule has 5 nitrogen and oxygen atoms in total. The quantitative estimate of drug-likeness (QED) is 0.827. The van der Waals surface area contributed by atoms with Crippen LogP contribution in [-0.4, -0.2) is 36.1 Å². The molecule has 1 atom stereocenters. The summed E-state index contributed by atoms with van der Waals surface area (Å²) in [5, 5.41) is 19.1. The highest BCUT2D eigenvalue weighted by molar-refractivity contribution is 5.83. The van der Waals surface area contributed by atoms with Crippen molar-refractivity contribution in [2.24, 2.45) is 0 Å². The van der Waals surface area contributed by atoms with Gasteiger partial charge in [0.1, 0.15) is 11.5 Å². The Kier molecular flexibility index (Phi) is 4.49. The van der Waals surface area contributed by atoms with Gasteiger partial charge in [-0.2, -0.15) is 13.2 Å². The molecule has 0 bridgehead atoms. The van der Waals surface area contributed by atoms with Crippen LogP contribution < -0.4 is 4.74 Å². The van der Waals surface area contributed by atoms with Crippen molar-refractivity contribution in [3.63, 3.8) is 0 Å². The molecule has 8 heteroatoms. The zero-order chi connectivity index (χ0) is 15.6. The molecule has 2 N–H and O–H groups in total. The van der Waals surface area contributed by atoms with E-state index in [9.17, 15) is 28.2 Å². The van der Waals surface area contributed by atoms with E-state index in [1.165, 1.54) is 6.92 Å². The van der Waals surface area contributed by atoms with E-state index in [-0.39, 0.29) is 12.4 Å². The van der Waals surface area contributed by atoms with Gasteiger partial charge in [-0.25, -0.2) is 4.79 Å². The number of ether oxygens (including phenoxy) is 2. The van der Waals surface area contributed by atoms with Gasteiger partial charge in [-0.15, -0.1) is 0 Å². The molecule has 0 saturated carbocycles. The number of carbonyl (C=O) groups is 1. The molecule has 112 valence electrons. The molecule has 0 aliphatic carbocycles. The average Bonchev–Trinajstić information content (AvgIpc) is 2.36. The topological polar surface area (TPSA) is 76.0 Å². The van der Waals surface area contributed by atoms with E-state index >= 15 is 0 Å². The van der Waals surface area contributed by atoms with Gasteiger partial charge in [-0.05, 0) is 19.1 Å². The number of benzene rings is 1. The van der Waals surface area contributed by atoms with Gasteiger partial charge in [0.2, 0.25) is 0 Å². The largest absolute Gasteiger partial charge is 0.508 e. The Morgan fingerprint density at radius 1 is 1.35 bits per heavy atom. The number of phenolic OH excluding ortho intramolecular Hbond substituents is 1. The highest BCUT2D eigenvalue weighted by atomic mass is 19.4. The lowest BCUT2D eigenvalue weighted by molar-refractivity contribution is -0.268. The molecular weight excluding hydrogens is 281 g/mol. The number of hydrogen-bond donors (Lipinski definition) is 2. The van der Waals surface area contributed by atoms with Crippen LogP contribution in [-0.2, 0) is 15.1 Å². The Labute approximate surface area is 112 Å². The first kappa shape index (κ1) is 16.1. The molecule has 0 aliphatic rings. The summed E-state index contributed by atoms with van der Waals surface area (Å²) < 4.78 is 48.3. The van der Waals surface area contributed by atoms with Gasteiger partial charge >= 0.3 is 12.1 Å². The molecule has 0 radical (unpaired) electrons. The first-order valence-electron chi connectivity index (χ1n) is 5.52. The molecule has 1 aromatic rings. The highest BCUT2D eigenvalue weighted by Crippen LogP contribution is 2.44. The van der Waals surface area contributed by atoms with Crippen molar-refractivity contribution >= 4 is 5.97 Å². The van der Waals surface area contributed by atoms with E-state index in [1.807, 2.05) is 0 Å². The zero-order valence-electron chi connectivity index (χ0n) is 10.7. The fourth-order valence-electron chi connectivity index (χ4n) is 1.59. The maximum atomic E-state index is 13.1. The number of aliphatic hydroxyl groups is 1. The molecule has 0 aromatic heterocycles. The van der Waals surface area contributed by atoms with Crippen molar-refractivity contribution in [2.45, 2.75) is 18.7 Å². The Morgan fingerprint density at radius 2 is 1.95 bits per heavy atom. The summed E-state index contributed by atoms with van der Waals surface area (Å²) in [6.45, 7) is 0.973. The number of esters is 1. The lowest BCUT2D eigenvalue weighted by Gasteiger charge is -2.29. The Balaban J connectivity index is 3.50. The molecule has 0 heterocycles. The number of hydrogen-bond acceptors (Lipinski definition) is 5. The average molecular weight is 294 g/mol. The minimum atomic E-state index is -5.32. The maximum absolute atomic E-state index is 13.1. The van der Waals surface area contributed by atoms with Crippen molar-refractivity contribution in [3.8, 4) is 11.5 Å². The van der Waals surface area contributed by atoms with Crippen molar-refractivity contribution in [3.05, 3.63) is 23.8 Å². The molecule has 0 amide bonds. The number of aromatic hydroxyl groups is 1. The van der Waals surface area contributed by atoms with Crippen LogP contribution in [0.2, 0.25) is 0 Å². The summed E-state index contributed by atoms with van der Waals surface area (Å²) in [4.78, 5) is 11.6. The third-order valence-corrected chi connectivity index (χ3v) is 2.56. The van der Waals surface area contributed by atoms with Gasteiger partial charge in [-0.1, -0.05) is 0 Å². The lowest BCUT2D eigenvalue weighted by atomic mass is 9.92. The molecule has 1 aromatic carbocycles. The monoisotopic (exact) mass is 294 g/mol. The SMILES string of the molecule is CCOC(=O)C(O)(c1ccc(O)cc1OC)C(F)(F)F. The van der Waals surface area contributed by atoms with Crippen LogP contribution in [0.15, 0.2) is 18.2 Å². The molecule has 20 heavy (non-hydrogen) atoms. The van der Waals surface area contributed by atoms with E-state index in [4.69, 9.17) is 0 Å². The highest BCUT2D eigenvalue weighted by Gasteiger charge is 2.63. The number of phenols is 1. The maximum Gasteiger partial charge on any atom is 0.432 e. The molecule has 0 spiro atoms. The van der Waals surface area contributed by atoms with Gasteiger partial charge in [0, 0.05) is 11.6 Å². The van der Waals surface area contributed by atoms with Gasteiger partial charge in [0.25, 0.3) is 5.60 Å². The summed E-state index contributed by atoms with van der Waals surface area (Å²) in [5.41, 5.74) is -4.73. The number of alkyl halides is 3. The summed E-state index contributed by atoms with van der Waals surface area (Å²) in [7, 11) is 1.04. The third-order valence-electron chi connectivity index (χ3n) is 2.56. The molecule has 1 rings (SSSR count). The number of methoxy groups -OCH3 is 1. The van der Waals surface area contributed by atoms with E-state index in [1.54, 1.807) is 0 Å². The normalized spacial score (nSPS) is 14.5. The first-order chi connectivity index (χ1) is 9.18. The lowest BCUT2D eigenvalue weighted by Crippen LogP contribution is -2.50. The fourth-order valence-corrected chi connectivity index (χ4v) is 1.59. The number of carbonyl (C=O) groups excluding carboxylic acids is 1. The second kappa shape index (κ2) is 5.58. The predicted octanol–water partition coefficient (Wildman–Crippen LogP) is 1.71. The van der Waals surface area contributed by atoms with Crippen LogP contribution in [0, 0.1) is 0 Å². The summed E-state index contributed by atoms with van der Waals surface area (Å²) >= 11 is 0. The van der Waals surface area contributed by atoms with Crippen molar-refractivity contribution in [1.29, 1.82) is 0 Å². The van der Waals surface area contributed by atoms with Crippen LogP contribution >= 0.6 is 0 Å². The van der Waals surface area contributed by atoms with Crippen molar-refractivity contribution in [2.75, 3.05) is 13.7 Å². The van der Waals surface area contributed by atoms with Gasteiger partial charge in [-0.3, -0.25) is 0 Å². The first-order valence-corrected chi connectivity index (χ1v) is 5.52. The standard InChI is InChI=1S/C12H13F3O5/c1-3-20-10(17)11(18,12(13,14)15)8-5-4-7(16)6-9(8)19-2/h4-6,16,18H,3H2,1-2H3. The second-order valence-electron chi connectivity index (χ2n) is 3.81. The van der Waals surface area contributed by atoms with E-state index in [0.717, 1.165) is 25.3 Å².